The lowest BCUT2D eigenvalue weighted by Crippen LogP contribution is -2.44. The molecule has 1 rings (SSSR count). The smallest absolute Gasteiger partial charge is 0.322 e. The summed E-state index contributed by atoms with van der Waals surface area (Å²) in [6, 6.07) is 6.87. The number of para-hydroxylation sites is 1. The molecular formula is C15H20N2O3. The summed E-state index contributed by atoms with van der Waals surface area (Å²) in [7, 11) is 0. The first-order valence-electron chi connectivity index (χ1n) is 6.43. The van der Waals surface area contributed by atoms with Crippen LogP contribution in [-0.4, -0.2) is 29.7 Å². The zero-order chi connectivity index (χ0) is 15.1. The van der Waals surface area contributed by atoms with Gasteiger partial charge in [0.05, 0.1) is 6.42 Å². The van der Waals surface area contributed by atoms with Gasteiger partial charge in [-0.15, -0.1) is 6.58 Å². The van der Waals surface area contributed by atoms with Crippen LogP contribution in [-0.2, 0) is 4.79 Å². The van der Waals surface area contributed by atoms with Gasteiger partial charge in [-0.3, -0.25) is 9.69 Å². The van der Waals surface area contributed by atoms with Crippen molar-refractivity contribution in [1.82, 2.24) is 5.32 Å². The summed E-state index contributed by atoms with van der Waals surface area (Å²) in [5.41, 5.74) is 1.63. The lowest BCUT2D eigenvalue weighted by Gasteiger charge is -2.25. The minimum atomic E-state index is -0.937. The molecule has 0 bridgehead atoms. The molecule has 0 saturated heterocycles. The number of carboxylic acids is 1. The van der Waals surface area contributed by atoms with Crippen molar-refractivity contribution in [2.75, 3.05) is 11.4 Å². The molecule has 1 aromatic carbocycles. The van der Waals surface area contributed by atoms with Gasteiger partial charge in [-0.1, -0.05) is 24.3 Å². The number of hydrogen-bond acceptors (Lipinski definition) is 2. The SMILES string of the molecule is C=CC(C)NC(=O)N(CCC(=O)O)c1ccccc1C. The molecule has 5 heteroatoms. The van der Waals surface area contributed by atoms with Crippen LogP contribution in [0, 0.1) is 6.92 Å². The summed E-state index contributed by atoms with van der Waals surface area (Å²) in [4.78, 5) is 24.4. The van der Waals surface area contributed by atoms with E-state index in [9.17, 15) is 9.59 Å². The van der Waals surface area contributed by atoms with Gasteiger partial charge in [0.1, 0.15) is 0 Å². The maximum absolute atomic E-state index is 12.3. The first-order valence-corrected chi connectivity index (χ1v) is 6.43. The predicted octanol–water partition coefficient (Wildman–Crippen LogP) is 2.56. The molecule has 108 valence electrons. The quantitative estimate of drug-likeness (QED) is 0.784. The molecule has 2 N–H and O–H groups in total. The molecule has 5 nitrogen and oxygen atoms in total. The van der Waals surface area contributed by atoms with Gasteiger partial charge in [0.25, 0.3) is 0 Å². The lowest BCUT2D eigenvalue weighted by molar-refractivity contribution is -0.136. The van der Waals surface area contributed by atoms with Crippen molar-refractivity contribution >= 4 is 17.7 Å². The van der Waals surface area contributed by atoms with Crippen LogP contribution < -0.4 is 10.2 Å². The Hall–Kier alpha value is -2.30. The second-order valence-electron chi connectivity index (χ2n) is 4.56. The predicted molar refractivity (Wildman–Crippen MR) is 79.0 cm³/mol. The average Bonchev–Trinajstić information content (AvgIpc) is 2.40. The van der Waals surface area contributed by atoms with E-state index in [2.05, 4.69) is 11.9 Å². The highest BCUT2D eigenvalue weighted by Gasteiger charge is 2.19. The largest absolute Gasteiger partial charge is 0.481 e. The Labute approximate surface area is 118 Å². The first kappa shape index (κ1) is 15.8. The number of hydrogen-bond donors (Lipinski definition) is 2. The van der Waals surface area contributed by atoms with Gasteiger partial charge in [0.15, 0.2) is 0 Å². The van der Waals surface area contributed by atoms with Crippen LogP contribution in [0.25, 0.3) is 0 Å². The van der Waals surface area contributed by atoms with Gasteiger partial charge in [-0.25, -0.2) is 4.79 Å². The third-order valence-electron chi connectivity index (χ3n) is 2.91. The maximum Gasteiger partial charge on any atom is 0.322 e. The fourth-order valence-electron chi connectivity index (χ4n) is 1.74. The second kappa shape index (κ2) is 7.33. The van der Waals surface area contributed by atoms with Gasteiger partial charge in [-0.05, 0) is 25.5 Å². The van der Waals surface area contributed by atoms with E-state index in [4.69, 9.17) is 5.11 Å². The molecule has 1 unspecified atom stereocenters. The Bertz CT molecular complexity index is 500. The molecule has 0 fully saturated rings. The van der Waals surface area contributed by atoms with Crippen LogP contribution in [0.3, 0.4) is 0 Å². The summed E-state index contributed by atoms with van der Waals surface area (Å²) < 4.78 is 0. The highest BCUT2D eigenvalue weighted by Crippen LogP contribution is 2.20. The minimum absolute atomic E-state index is 0.107. The number of amides is 2. The number of benzene rings is 1. The number of aryl methyl sites for hydroxylation is 1. The Morgan fingerprint density at radius 2 is 2.10 bits per heavy atom. The van der Waals surface area contributed by atoms with E-state index in [1.54, 1.807) is 19.1 Å². The van der Waals surface area contributed by atoms with Crippen molar-refractivity contribution in [3.63, 3.8) is 0 Å². The average molecular weight is 276 g/mol. The van der Waals surface area contributed by atoms with Crippen molar-refractivity contribution in [3.8, 4) is 0 Å². The minimum Gasteiger partial charge on any atom is -0.481 e. The number of nitrogens with zero attached hydrogens (tertiary/aromatic N) is 1. The van der Waals surface area contributed by atoms with E-state index >= 15 is 0 Å². The van der Waals surface area contributed by atoms with Gasteiger partial charge in [0, 0.05) is 18.3 Å². The van der Waals surface area contributed by atoms with Gasteiger partial charge in [-0.2, -0.15) is 0 Å². The Balaban J connectivity index is 2.96. The number of rotatable bonds is 6. The zero-order valence-electron chi connectivity index (χ0n) is 11.8. The molecule has 0 aliphatic heterocycles. The third-order valence-corrected chi connectivity index (χ3v) is 2.91. The Morgan fingerprint density at radius 1 is 1.45 bits per heavy atom. The summed E-state index contributed by atoms with van der Waals surface area (Å²) >= 11 is 0. The van der Waals surface area contributed by atoms with Crippen LogP contribution in [0.2, 0.25) is 0 Å². The number of carbonyl (C=O) groups is 2. The molecule has 2 amide bonds. The molecule has 0 aliphatic carbocycles. The molecule has 0 radical (unpaired) electrons. The molecule has 0 heterocycles. The van der Waals surface area contributed by atoms with Gasteiger partial charge in [0.2, 0.25) is 0 Å². The van der Waals surface area contributed by atoms with Crippen LogP contribution in [0.4, 0.5) is 10.5 Å². The van der Waals surface area contributed by atoms with Crippen LogP contribution in [0.15, 0.2) is 36.9 Å². The Morgan fingerprint density at radius 3 is 2.65 bits per heavy atom. The number of anilines is 1. The number of urea groups is 1. The highest BCUT2D eigenvalue weighted by molar-refractivity contribution is 5.93. The molecule has 0 saturated carbocycles. The summed E-state index contributed by atoms with van der Waals surface area (Å²) in [6.07, 6.45) is 1.51. The van der Waals surface area contributed by atoms with Crippen molar-refractivity contribution in [2.45, 2.75) is 26.3 Å². The fraction of sp³-hybridized carbons (Fsp3) is 0.333. The number of nitrogens with one attached hydrogen (secondary N) is 1. The van der Waals surface area contributed by atoms with E-state index in [1.165, 1.54) is 4.90 Å². The maximum atomic E-state index is 12.3. The number of carbonyl (C=O) groups excluding carboxylic acids is 1. The lowest BCUT2D eigenvalue weighted by atomic mass is 10.2. The van der Waals surface area contributed by atoms with Crippen LogP contribution in [0.5, 0.6) is 0 Å². The zero-order valence-corrected chi connectivity index (χ0v) is 11.8. The summed E-state index contributed by atoms with van der Waals surface area (Å²) in [5.74, 6) is -0.937. The number of carboxylic acid groups (broad SMARTS) is 1. The van der Waals surface area contributed by atoms with Crippen molar-refractivity contribution in [1.29, 1.82) is 0 Å². The van der Waals surface area contributed by atoms with Crippen molar-refractivity contribution < 1.29 is 14.7 Å². The van der Waals surface area contributed by atoms with E-state index in [0.29, 0.717) is 5.69 Å². The fourth-order valence-corrected chi connectivity index (χ4v) is 1.74. The molecule has 0 spiro atoms. The molecule has 0 aromatic heterocycles. The van der Waals surface area contributed by atoms with Gasteiger partial charge >= 0.3 is 12.0 Å². The second-order valence-corrected chi connectivity index (χ2v) is 4.56. The van der Waals surface area contributed by atoms with Crippen molar-refractivity contribution in [2.24, 2.45) is 0 Å². The standard InChI is InChI=1S/C15H20N2O3/c1-4-12(3)16-15(20)17(10-9-14(18)19)13-8-6-5-7-11(13)2/h4-8,12H,1,9-10H2,2-3H3,(H,16,20)(H,18,19). The molecule has 20 heavy (non-hydrogen) atoms. The third kappa shape index (κ3) is 4.42. The van der Waals surface area contributed by atoms with E-state index in [1.807, 2.05) is 25.1 Å². The normalized spacial score (nSPS) is 11.5. The topological polar surface area (TPSA) is 69.6 Å². The van der Waals surface area contributed by atoms with Crippen molar-refractivity contribution in [3.05, 3.63) is 42.5 Å². The molecule has 1 atom stereocenters. The first-order chi connectivity index (χ1) is 9.45. The van der Waals surface area contributed by atoms with E-state index < -0.39 is 5.97 Å². The Kier molecular flexibility index (Phi) is 5.77. The van der Waals surface area contributed by atoms with E-state index in [-0.39, 0.29) is 25.0 Å². The summed E-state index contributed by atoms with van der Waals surface area (Å²) in [5, 5.41) is 11.6. The highest BCUT2D eigenvalue weighted by atomic mass is 16.4. The molecular weight excluding hydrogens is 256 g/mol. The van der Waals surface area contributed by atoms with E-state index in [0.717, 1.165) is 5.56 Å². The molecule has 1 aromatic rings. The monoisotopic (exact) mass is 276 g/mol. The summed E-state index contributed by atoms with van der Waals surface area (Å²) in [6.45, 7) is 7.42. The van der Waals surface area contributed by atoms with Gasteiger partial charge < -0.3 is 10.4 Å². The van der Waals surface area contributed by atoms with Crippen LogP contribution >= 0.6 is 0 Å². The van der Waals surface area contributed by atoms with Crippen LogP contribution in [0.1, 0.15) is 18.9 Å². The number of aliphatic carboxylic acids is 1. The molecule has 0 aliphatic rings.